The molecule has 0 fully saturated rings. The van der Waals surface area contributed by atoms with Crippen LogP contribution in [0.15, 0.2) is 66.7 Å². The zero-order valence-corrected chi connectivity index (χ0v) is 11.5. The number of aliphatic hydroxyl groups excluding tert-OH is 1. The first kappa shape index (κ1) is 13.4. The van der Waals surface area contributed by atoms with Gasteiger partial charge in [0.1, 0.15) is 5.75 Å². The molecule has 0 spiro atoms. The minimum atomic E-state index is -0.0551. The number of hydrogen-bond donors (Lipinski definition) is 2. The van der Waals surface area contributed by atoms with Crippen LogP contribution in [0, 0.1) is 0 Å². The molecule has 0 radical (unpaired) electrons. The summed E-state index contributed by atoms with van der Waals surface area (Å²) >= 11 is 0. The number of rotatable bonds is 3. The van der Waals surface area contributed by atoms with Gasteiger partial charge >= 0.3 is 0 Å². The third kappa shape index (κ3) is 2.54. The predicted octanol–water partition coefficient (Wildman–Crippen LogP) is 4.22. The highest BCUT2D eigenvalue weighted by atomic mass is 16.3. The zero-order valence-electron chi connectivity index (χ0n) is 11.5. The second-order valence-electron chi connectivity index (χ2n) is 4.86. The molecule has 0 amide bonds. The van der Waals surface area contributed by atoms with Gasteiger partial charge in [-0.25, -0.2) is 0 Å². The molecule has 0 saturated heterocycles. The van der Waals surface area contributed by atoms with Crippen molar-refractivity contribution in [2.45, 2.75) is 0 Å². The minimum absolute atomic E-state index is 0.0551. The topological polar surface area (TPSA) is 40.5 Å². The van der Waals surface area contributed by atoms with Crippen LogP contribution in [0.4, 0.5) is 0 Å². The van der Waals surface area contributed by atoms with Gasteiger partial charge in [-0.2, -0.15) is 0 Å². The lowest BCUT2D eigenvalue weighted by Crippen LogP contribution is -1.87. The molecule has 3 aromatic carbocycles. The highest BCUT2D eigenvalue weighted by Gasteiger charge is 2.11. The normalized spacial score (nSPS) is 11.3. The van der Waals surface area contributed by atoms with E-state index < -0.39 is 0 Å². The monoisotopic (exact) mass is 276 g/mol. The predicted molar refractivity (Wildman–Crippen MR) is 87.2 cm³/mol. The first-order chi connectivity index (χ1) is 10.3. The molecule has 0 saturated carbocycles. The molecule has 2 nitrogen and oxygen atoms in total. The average molecular weight is 276 g/mol. The van der Waals surface area contributed by atoms with Gasteiger partial charge in [-0.15, -0.1) is 0 Å². The fourth-order valence-corrected chi connectivity index (χ4v) is 2.54. The summed E-state index contributed by atoms with van der Waals surface area (Å²) in [6, 6.07) is 19.8. The van der Waals surface area contributed by atoms with Gasteiger partial charge in [-0.1, -0.05) is 66.7 Å². The molecule has 0 unspecified atom stereocenters. The molecular formula is C19H16O2. The standard InChI is InChI=1S/C19H16O2/c20-12-6-11-17-18(14-7-2-1-3-8-14)13-15-9-4-5-10-16(15)19(17)21/h1-11,13,20-21H,12H2/b11-6-. The Morgan fingerprint density at radius 2 is 1.62 bits per heavy atom. The molecule has 0 aromatic heterocycles. The summed E-state index contributed by atoms with van der Waals surface area (Å²) in [7, 11) is 0. The van der Waals surface area contributed by atoms with E-state index in [9.17, 15) is 5.11 Å². The Kier molecular flexibility index (Phi) is 3.71. The molecular weight excluding hydrogens is 260 g/mol. The van der Waals surface area contributed by atoms with Crippen molar-refractivity contribution in [2.24, 2.45) is 0 Å². The lowest BCUT2D eigenvalue weighted by molar-refractivity contribution is 0.343. The Bertz CT molecular complexity index is 789. The van der Waals surface area contributed by atoms with Gasteiger partial charge in [-0.05, 0) is 22.6 Å². The lowest BCUT2D eigenvalue weighted by atomic mass is 9.94. The molecule has 0 aliphatic rings. The van der Waals surface area contributed by atoms with E-state index in [1.807, 2.05) is 54.6 Å². The van der Waals surface area contributed by atoms with Crippen LogP contribution in [-0.4, -0.2) is 16.8 Å². The maximum atomic E-state index is 10.6. The van der Waals surface area contributed by atoms with E-state index in [-0.39, 0.29) is 12.4 Å². The van der Waals surface area contributed by atoms with E-state index in [4.69, 9.17) is 5.11 Å². The van der Waals surface area contributed by atoms with Crippen LogP contribution >= 0.6 is 0 Å². The van der Waals surface area contributed by atoms with E-state index >= 15 is 0 Å². The zero-order chi connectivity index (χ0) is 14.7. The number of aromatic hydroxyl groups is 1. The molecule has 21 heavy (non-hydrogen) atoms. The molecule has 0 aliphatic carbocycles. The number of benzene rings is 3. The van der Waals surface area contributed by atoms with Gasteiger partial charge < -0.3 is 10.2 Å². The van der Waals surface area contributed by atoms with Crippen molar-refractivity contribution < 1.29 is 10.2 Å². The molecule has 3 rings (SSSR count). The average Bonchev–Trinajstić information content (AvgIpc) is 2.55. The Hall–Kier alpha value is -2.58. The van der Waals surface area contributed by atoms with Crippen LogP contribution in [0.2, 0.25) is 0 Å². The minimum Gasteiger partial charge on any atom is -0.507 e. The lowest BCUT2D eigenvalue weighted by Gasteiger charge is -2.12. The smallest absolute Gasteiger partial charge is 0.131 e. The maximum Gasteiger partial charge on any atom is 0.131 e. The van der Waals surface area contributed by atoms with Crippen molar-refractivity contribution in [3.63, 3.8) is 0 Å². The summed E-state index contributed by atoms with van der Waals surface area (Å²) in [5.74, 6) is 0.247. The summed E-state index contributed by atoms with van der Waals surface area (Å²) in [5, 5.41) is 21.4. The third-order valence-electron chi connectivity index (χ3n) is 3.54. The Morgan fingerprint density at radius 3 is 2.38 bits per heavy atom. The molecule has 0 bridgehead atoms. The Balaban J connectivity index is 2.33. The number of fused-ring (bicyclic) bond motifs is 1. The molecule has 3 aromatic rings. The van der Waals surface area contributed by atoms with Crippen molar-refractivity contribution in [2.75, 3.05) is 6.61 Å². The van der Waals surface area contributed by atoms with E-state index in [0.29, 0.717) is 0 Å². The fourth-order valence-electron chi connectivity index (χ4n) is 2.54. The second kappa shape index (κ2) is 5.81. The molecule has 2 N–H and O–H groups in total. The summed E-state index contributed by atoms with van der Waals surface area (Å²) < 4.78 is 0. The van der Waals surface area contributed by atoms with Gasteiger partial charge in [-0.3, -0.25) is 0 Å². The van der Waals surface area contributed by atoms with Gasteiger partial charge in [0.05, 0.1) is 6.61 Å². The summed E-state index contributed by atoms with van der Waals surface area (Å²) in [4.78, 5) is 0. The van der Waals surface area contributed by atoms with Gasteiger partial charge in [0.15, 0.2) is 0 Å². The molecule has 104 valence electrons. The van der Waals surface area contributed by atoms with Crippen LogP contribution in [0.3, 0.4) is 0 Å². The summed E-state index contributed by atoms with van der Waals surface area (Å²) in [6.45, 7) is -0.0551. The highest BCUT2D eigenvalue weighted by Crippen LogP contribution is 2.37. The molecule has 2 heteroatoms. The van der Waals surface area contributed by atoms with Crippen LogP contribution in [0.5, 0.6) is 5.75 Å². The van der Waals surface area contributed by atoms with Crippen molar-refractivity contribution in [1.82, 2.24) is 0 Å². The largest absolute Gasteiger partial charge is 0.507 e. The van der Waals surface area contributed by atoms with E-state index in [1.165, 1.54) is 0 Å². The quantitative estimate of drug-likeness (QED) is 0.752. The number of phenolic OH excluding ortho intramolecular Hbond substituents is 1. The van der Waals surface area contributed by atoms with Gasteiger partial charge in [0.25, 0.3) is 0 Å². The van der Waals surface area contributed by atoms with Gasteiger partial charge in [0, 0.05) is 10.9 Å². The SMILES string of the molecule is OC/C=C\c1c(-c2ccccc2)cc2ccccc2c1O. The van der Waals surface area contributed by atoms with E-state index in [1.54, 1.807) is 12.2 Å². The van der Waals surface area contributed by atoms with Crippen LogP contribution in [-0.2, 0) is 0 Å². The van der Waals surface area contributed by atoms with Crippen molar-refractivity contribution >= 4 is 16.8 Å². The molecule has 0 heterocycles. The van der Waals surface area contributed by atoms with E-state index in [2.05, 4.69) is 6.07 Å². The van der Waals surface area contributed by atoms with Crippen molar-refractivity contribution in [1.29, 1.82) is 0 Å². The number of hydrogen-bond acceptors (Lipinski definition) is 2. The van der Waals surface area contributed by atoms with Crippen LogP contribution < -0.4 is 0 Å². The van der Waals surface area contributed by atoms with Crippen LogP contribution in [0.1, 0.15) is 5.56 Å². The van der Waals surface area contributed by atoms with Crippen molar-refractivity contribution in [3.8, 4) is 16.9 Å². The first-order valence-electron chi connectivity index (χ1n) is 6.89. The molecule has 0 atom stereocenters. The number of phenols is 1. The van der Waals surface area contributed by atoms with Gasteiger partial charge in [0.2, 0.25) is 0 Å². The fraction of sp³-hybridized carbons (Fsp3) is 0.0526. The summed E-state index contributed by atoms with van der Waals surface area (Å²) in [6.07, 6.45) is 3.40. The molecule has 0 aliphatic heterocycles. The van der Waals surface area contributed by atoms with Crippen molar-refractivity contribution in [3.05, 3.63) is 72.3 Å². The second-order valence-corrected chi connectivity index (χ2v) is 4.86. The van der Waals surface area contributed by atoms with Crippen LogP contribution in [0.25, 0.3) is 28.0 Å². The Labute approximate surface area is 123 Å². The summed E-state index contributed by atoms with van der Waals surface area (Å²) in [5.41, 5.74) is 2.72. The Morgan fingerprint density at radius 1 is 0.905 bits per heavy atom. The van der Waals surface area contributed by atoms with E-state index in [0.717, 1.165) is 27.5 Å². The highest BCUT2D eigenvalue weighted by molar-refractivity contribution is 5.97. The number of aliphatic hydroxyl groups is 1. The third-order valence-corrected chi connectivity index (χ3v) is 3.54. The first-order valence-corrected chi connectivity index (χ1v) is 6.89. The maximum absolute atomic E-state index is 10.6.